The van der Waals surface area contributed by atoms with E-state index < -0.39 is 0 Å². The first kappa shape index (κ1) is 13.5. The van der Waals surface area contributed by atoms with Gasteiger partial charge in [0, 0.05) is 19.1 Å². The second-order valence-corrected chi connectivity index (χ2v) is 5.25. The molecular weight excluding hydrogens is 226 g/mol. The highest BCUT2D eigenvalue weighted by molar-refractivity contribution is 5.19. The number of morpholine rings is 1. The molecule has 3 atom stereocenters. The fraction of sp³-hybridized carbons (Fsp3) is 0.600. The van der Waals surface area contributed by atoms with Crippen LogP contribution in [0.3, 0.4) is 0 Å². The van der Waals surface area contributed by atoms with Crippen molar-refractivity contribution in [1.29, 1.82) is 0 Å². The molecule has 1 saturated heterocycles. The van der Waals surface area contributed by atoms with Crippen molar-refractivity contribution in [2.24, 2.45) is 0 Å². The van der Waals surface area contributed by atoms with Crippen molar-refractivity contribution in [2.45, 2.75) is 31.9 Å². The maximum atomic E-state index is 9.19. The molecule has 0 spiro atoms. The van der Waals surface area contributed by atoms with Gasteiger partial charge in [0.05, 0.1) is 19.3 Å². The van der Waals surface area contributed by atoms with Gasteiger partial charge in [-0.2, -0.15) is 0 Å². The fourth-order valence-electron chi connectivity index (χ4n) is 2.48. The van der Waals surface area contributed by atoms with Crippen LogP contribution in [0.5, 0.6) is 0 Å². The van der Waals surface area contributed by atoms with Gasteiger partial charge in [-0.3, -0.25) is 4.90 Å². The minimum Gasteiger partial charge on any atom is -0.394 e. The Balaban J connectivity index is 1.95. The van der Waals surface area contributed by atoms with E-state index in [-0.39, 0.29) is 12.7 Å². The maximum Gasteiger partial charge on any atom is 0.0933 e. The Kier molecular flexibility index (Phi) is 4.75. The van der Waals surface area contributed by atoms with E-state index in [9.17, 15) is 5.11 Å². The third-order valence-electron chi connectivity index (χ3n) is 3.72. The van der Waals surface area contributed by atoms with Gasteiger partial charge in [0.25, 0.3) is 0 Å². The Labute approximate surface area is 109 Å². The number of nitrogens with zero attached hydrogens (tertiary/aromatic N) is 1. The Morgan fingerprint density at radius 3 is 2.78 bits per heavy atom. The maximum absolute atomic E-state index is 9.19. The van der Waals surface area contributed by atoms with E-state index in [1.54, 1.807) is 0 Å². The van der Waals surface area contributed by atoms with Crippen LogP contribution in [-0.2, 0) is 4.74 Å². The summed E-state index contributed by atoms with van der Waals surface area (Å²) in [7, 11) is 0. The summed E-state index contributed by atoms with van der Waals surface area (Å²) in [6, 6.07) is 11.0. The van der Waals surface area contributed by atoms with Crippen LogP contribution in [0.15, 0.2) is 30.3 Å². The lowest BCUT2D eigenvalue weighted by molar-refractivity contribution is -0.0788. The molecule has 3 heteroatoms. The Morgan fingerprint density at radius 2 is 2.11 bits per heavy atom. The minimum atomic E-state index is -0.0239. The fourth-order valence-corrected chi connectivity index (χ4v) is 2.48. The summed E-state index contributed by atoms with van der Waals surface area (Å²) < 4.78 is 5.57. The van der Waals surface area contributed by atoms with E-state index in [1.165, 1.54) is 5.56 Å². The summed E-state index contributed by atoms with van der Waals surface area (Å²) in [6.45, 7) is 7.12. The lowest BCUT2D eigenvalue weighted by Crippen LogP contribution is -2.50. The van der Waals surface area contributed by atoms with E-state index in [0.29, 0.717) is 18.6 Å². The highest BCUT2D eigenvalue weighted by atomic mass is 16.5. The van der Waals surface area contributed by atoms with Crippen LogP contribution in [0.4, 0.5) is 0 Å². The number of benzene rings is 1. The molecule has 3 unspecified atom stereocenters. The van der Waals surface area contributed by atoms with Crippen molar-refractivity contribution in [3.05, 3.63) is 35.9 Å². The van der Waals surface area contributed by atoms with Crippen molar-refractivity contribution < 1.29 is 9.84 Å². The largest absolute Gasteiger partial charge is 0.394 e. The third kappa shape index (κ3) is 3.31. The number of rotatable bonds is 4. The lowest BCUT2D eigenvalue weighted by Gasteiger charge is -2.38. The Bertz CT molecular complexity index is 355. The molecule has 0 aromatic heterocycles. The van der Waals surface area contributed by atoms with Gasteiger partial charge in [-0.05, 0) is 18.4 Å². The molecule has 1 aromatic carbocycles. The van der Waals surface area contributed by atoms with Crippen molar-refractivity contribution in [1.82, 2.24) is 4.90 Å². The normalized spacial score (nSPS) is 27.1. The Hall–Kier alpha value is -0.900. The quantitative estimate of drug-likeness (QED) is 0.884. The van der Waals surface area contributed by atoms with Gasteiger partial charge < -0.3 is 9.84 Å². The zero-order valence-electron chi connectivity index (χ0n) is 11.2. The number of aliphatic hydroxyl groups excluding tert-OH is 1. The molecule has 2 rings (SSSR count). The summed E-state index contributed by atoms with van der Waals surface area (Å²) in [5.41, 5.74) is 1.37. The summed E-state index contributed by atoms with van der Waals surface area (Å²) in [4.78, 5) is 2.42. The summed E-state index contributed by atoms with van der Waals surface area (Å²) in [5.74, 6) is 0.506. The van der Waals surface area contributed by atoms with Crippen LogP contribution in [-0.4, -0.2) is 48.5 Å². The lowest BCUT2D eigenvalue weighted by atomic mass is 9.99. The SMILES string of the molecule is CC(CN1CC(CO)OCC1C)c1ccccc1. The van der Waals surface area contributed by atoms with Crippen LogP contribution < -0.4 is 0 Å². The van der Waals surface area contributed by atoms with Crippen LogP contribution in [0.2, 0.25) is 0 Å². The molecule has 18 heavy (non-hydrogen) atoms. The second-order valence-electron chi connectivity index (χ2n) is 5.25. The van der Waals surface area contributed by atoms with Crippen molar-refractivity contribution in [2.75, 3.05) is 26.3 Å². The van der Waals surface area contributed by atoms with E-state index in [4.69, 9.17) is 4.74 Å². The molecule has 1 aliphatic rings. The molecular formula is C15H23NO2. The molecule has 0 saturated carbocycles. The van der Waals surface area contributed by atoms with Crippen LogP contribution >= 0.6 is 0 Å². The molecule has 1 aliphatic heterocycles. The van der Waals surface area contributed by atoms with Gasteiger partial charge in [-0.1, -0.05) is 37.3 Å². The predicted molar refractivity (Wildman–Crippen MR) is 72.7 cm³/mol. The van der Waals surface area contributed by atoms with E-state index >= 15 is 0 Å². The number of ether oxygens (including phenoxy) is 1. The van der Waals surface area contributed by atoms with Gasteiger partial charge in [-0.15, -0.1) is 0 Å². The molecule has 0 bridgehead atoms. The van der Waals surface area contributed by atoms with E-state index in [2.05, 4.69) is 49.1 Å². The molecule has 0 radical (unpaired) electrons. The first-order chi connectivity index (χ1) is 8.70. The van der Waals surface area contributed by atoms with Gasteiger partial charge in [0.15, 0.2) is 0 Å². The second kappa shape index (κ2) is 6.32. The Morgan fingerprint density at radius 1 is 1.39 bits per heavy atom. The zero-order chi connectivity index (χ0) is 13.0. The molecule has 1 N–H and O–H groups in total. The van der Waals surface area contributed by atoms with Gasteiger partial charge >= 0.3 is 0 Å². The van der Waals surface area contributed by atoms with Crippen molar-refractivity contribution in [3.63, 3.8) is 0 Å². The summed E-state index contributed by atoms with van der Waals surface area (Å²) in [6.07, 6.45) is -0.0239. The van der Waals surface area contributed by atoms with E-state index in [0.717, 1.165) is 13.1 Å². The highest BCUT2D eigenvalue weighted by Crippen LogP contribution is 2.20. The van der Waals surface area contributed by atoms with Crippen LogP contribution in [0, 0.1) is 0 Å². The summed E-state index contributed by atoms with van der Waals surface area (Å²) in [5, 5.41) is 9.19. The molecule has 0 aliphatic carbocycles. The van der Waals surface area contributed by atoms with E-state index in [1.807, 2.05) is 0 Å². The van der Waals surface area contributed by atoms with Crippen molar-refractivity contribution >= 4 is 0 Å². The van der Waals surface area contributed by atoms with Crippen molar-refractivity contribution in [3.8, 4) is 0 Å². The molecule has 1 aromatic rings. The third-order valence-corrected chi connectivity index (χ3v) is 3.72. The highest BCUT2D eigenvalue weighted by Gasteiger charge is 2.26. The standard InChI is InChI=1S/C15H23NO2/c1-12(14-6-4-3-5-7-14)8-16-9-15(10-17)18-11-13(16)2/h3-7,12-13,15,17H,8-11H2,1-2H3. The number of hydrogen-bond donors (Lipinski definition) is 1. The molecule has 100 valence electrons. The number of hydrogen-bond acceptors (Lipinski definition) is 3. The summed E-state index contributed by atoms with van der Waals surface area (Å²) >= 11 is 0. The molecule has 1 fully saturated rings. The molecule has 3 nitrogen and oxygen atoms in total. The molecule has 1 heterocycles. The average molecular weight is 249 g/mol. The molecule has 0 amide bonds. The topological polar surface area (TPSA) is 32.7 Å². The predicted octanol–water partition coefficient (Wildman–Crippen LogP) is 1.87. The first-order valence-electron chi connectivity index (χ1n) is 6.72. The zero-order valence-corrected chi connectivity index (χ0v) is 11.2. The van der Waals surface area contributed by atoms with Gasteiger partial charge in [0.2, 0.25) is 0 Å². The smallest absolute Gasteiger partial charge is 0.0933 e. The van der Waals surface area contributed by atoms with Crippen LogP contribution in [0.25, 0.3) is 0 Å². The first-order valence-corrected chi connectivity index (χ1v) is 6.72. The monoisotopic (exact) mass is 249 g/mol. The average Bonchev–Trinajstić information content (AvgIpc) is 2.42. The number of aliphatic hydroxyl groups is 1. The minimum absolute atomic E-state index is 0.0239. The van der Waals surface area contributed by atoms with Gasteiger partial charge in [-0.25, -0.2) is 0 Å². The van der Waals surface area contributed by atoms with Crippen LogP contribution in [0.1, 0.15) is 25.3 Å². The van der Waals surface area contributed by atoms with Gasteiger partial charge in [0.1, 0.15) is 0 Å².